The van der Waals surface area contributed by atoms with Crippen LogP contribution in [0.3, 0.4) is 0 Å². The first kappa shape index (κ1) is 15.1. The van der Waals surface area contributed by atoms with Gasteiger partial charge in [-0.1, -0.05) is 0 Å². The van der Waals surface area contributed by atoms with Crippen molar-refractivity contribution in [3.8, 4) is 0 Å². The summed E-state index contributed by atoms with van der Waals surface area (Å²) < 4.78 is 4.81. The molecule has 0 radical (unpaired) electrons. The van der Waals surface area contributed by atoms with Crippen LogP contribution in [0.4, 0.5) is 0 Å². The predicted octanol–water partition coefficient (Wildman–Crippen LogP) is 0.721. The molecule has 0 spiro atoms. The normalized spacial score (nSPS) is 22.9. The lowest BCUT2D eigenvalue weighted by atomic mass is 9.90. The number of amides is 2. The van der Waals surface area contributed by atoms with Gasteiger partial charge in [0.05, 0.1) is 17.2 Å². The van der Waals surface area contributed by atoms with Gasteiger partial charge in [0.15, 0.2) is 0 Å². The van der Waals surface area contributed by atoms with Gasteiger partial charge in [0.2, 0.25) is 5.91 Å². The van der Waals surface area contributed by atoms with Gasteiger partial charge in [-0.15, -0.1) is 0 Å². The summed E-state index contributed by atoms with van der Waals surface area (Å²) in [6.45, 7) is 3.74. The summed E-state index contributed by atoms with van der Waals surface area (Å²) >= 11 is 0. The number of carbonyl (C=O) groups is 3. The predicted molar refractivity (Wildman–Crippen MR) is 72.6 cm³/mol. The first-order chi connectivity index (χ1) is 9.83. The van der Waals surface area contributed by atoms with E-state index in [9.17, 15) is 14.4 Å². The van der Waals surface area contributed by atoms with E-state index in [0.717, 1.165) is 0 Å². The molecule has 2 atom stereocenters. The maximum Gasteiger partial charge on any atom is 0.311 e. The van der Waals surface area contributed by atoms with Crippen molar-refractivity contribution < 1.29 is 23.9 Å². The second-order valence-corrected chi connectivity index (χ2v) is 5.58. The molecule has 1 aliphatic heterocycles. The maximum atomic E-state index is 12.3. The van der Waals surface area contributed by atoms with Crippen molar-refractivity contribution in [3.63, 3.8) is 0 Å². The number of carboxylic acid groups (broad SMARTS) is 1. The van der Waals surface area contributed by atoms with E-state index in [1.807, 2.05) is 0 Å². The van der Waals surface area contributed by atoms with Crippen LogP contribution in [0.25, 0.3) is 0 Å². The molecule has 21 heavy (non-hydrogen) atoms. The van der Waals surface area contributed by atoms with Crippen LogP contribution < -0.4 is 5.32 Å². The Bertz CT molecular complexity index is 554. The van der Waals surface area contributed by atoms with Crippen LogP contribution in [-0.4, -0.2) is 46.9 Å². The Balaban J connectivity index is 1.95. The third-order valence-corrected chi connectivity index (χ3v) is 3.80. The van der Waals surface area contributed by atoms with E-state index < -0.39 is 23.3 Å². The first-order valence-electron chi connectivity index (χ1n) is 6.69. The number of likely N-dealkylation sites (tertiary alicyclic amines) is 1. The molecule has 114 valence electrons. The molecule has 0 saturated carbocycles. The van der Waals surface area contributed by atoms with Gasteiger partial charge in [0.1, 0.15) is 12.3 Å². The molecule has 1 aromatic rings. The molecular formula is C14H18N2O5. The highest BCUT2D eigenvalue weighted by Gasteiger charge is 2.42. The molecule has 2 N–H and O–H groups in total. The van der Waals surface area contributed by atoms with Gasteiger partial charge >= 0.3 is 5.97 Å². The van der Waals surface area contributed by atoms with Gasteiger partial charge in [-0.3, -0.25) is 14.4 Å². The van der Waals surface area contributed by atoms with Gasteiger partial charge < -0.3 is 19.7 Å². The highest BCUT2D eigenvalue weighted by molar-refractivity contribution is 5.97. The van der Waals surface area contributed by atoms with Crippen LogP contribution in [0.2, 0.25) is 0 Å². The largest absolute Gasteiger partial charge is 0.481 e. The molecule has 2 unspecified atom stereocenters. The molecule has 7 nitrogen and oxygen atoms in total. The summed E-state index contributed by atoms with van der Waals surface area (Å²) in [5.74, 6) is -1.59. The number of aliphatic carboxylic acids is 1. The third kappa shape index (κ3) is 3.07. The fraction of sp³-hybridized carbons (Fsp3) is 0.500. The fourth-order valence-corrected chi connectivity index (χ4v) is 2.33. The summed E-state index contributed by atoms with van der Waals surface area (Å²) in [4.78, 5) is 36.7. The summed E-state index contributed by atoms with van der Waals surface area (Å²) in [6.07, 6.45) is 3.08. The highest BCUT2D eigenvalue weighted by atomic mass is 16.4. The van der Waals surface area contributed by atoms with E-state index in [-0.39, 0.29) is 12.5 Å². The zero-order valence-corrected chi connectivity index (χ0v) is 12.0. The van der Waals surface area contributed by atoms with E-state index in [2.05, 4.69) is 5.32 Å². The molecule has 2 heterocycles. The number of nitrogens with zero attached hydrogens (tertiary/aromatic N) is 1. The first-order valence-corrected chi connectivity index (χ1v) is 6.69. The van der Waals surface area contributed by atoms with Gasteiger partial charge in [-0.05, 0) is 26.3 Å². The van der Waals surface area contributed by atoms with Gasteiger partial charge in [0.25, 0.3) is 5.91 Å². The Hall–Kier alpha value is -2.31. The number of carbonyl (C=O) groups excluding carboxylic acids is 2. The lowest BCUT2D eigenvalue weighted by Crippen LogP contribution is -2.47. The van der Waals surface area contributed by atoms with Crippen molar-refractivity contribution in [2.24, 2.45) is 5.41 Å². The minimum absolute atomic E-state index is 0.160. The van der Waals surface area contributed by atoms with E-state index in [1.165, 1.54) is 23.5 Å². The third-order valence-electron chi connectivity index (χ3n) is 3.80. The highest BCUT2D eigenvalue weighted by Crippen LogP contribution is 2.30. The van der Waals surface area contributed by atoms with Crippen molar-refractivity contribution in [3.05, 3.63) is 24.2 Å². The number of furan rings is 1. The number of hydrogen-bond acceptors (Lipinski definition) is 4. The molecule has 0 aliphatic carbocycles. The van der Waals surface area contributed by atoms with Gasteiger partial charge in [-0.2, -0.15) is 0 Å². The second-order valence-electron chi connectivity index (χ2n) is 5.58. The average Bonchev–Trinajstić information content (AvgIpc) is 3.07. The maximum absolute atomic E-state index is 12.3. The molecule has 7 heteroatoms. The standard InChI is InChI=1S/C14H18N2O5/c1-9(15-11(17)10-3-6-21-7-10)12(18)16-5-4-14(2,8-16)13(19)20/h3,6-7,9H,4-5,8H2,1-2H3,(H,15,17)(H,19,20). The average molecular weight is 294 g/mol. The Labute approximate surface area is 121 Å². The van der Waals surface area contributed by atoms with E-state index >= 15 is 0 Å². The molecule has 1 saturated heterocycles. The Kier molecular flexibility index (Phi) is 4.02. The molecule has 1 aromatic heterocycles. The molecule has 1 aliphatic rings. The molecule has 0 aromatic carbocycles. The lowest BCUT2D eigenvalue weighted by molar-refractivity contribution is -0.147. The van der Waals surface area contributed by atoms with Crippen molar-refractivity contribution in [1.29, 1.82) is 0 Å². The number of hydrogen-bond donors (Lipinski definition) is 2. The Morgan fingerprint density at radius 3 is 2.71 bits per heavy atom. The minimum atomic E-state index is -0.913. The van der Waals surface area contributed by atoms with Crippen molar-refractivity contribution in [1.82, 2.24) is 10.2 Å². The molecule has 1 fully saturated rings. The summed E-state index contributed by atoms with van der Waals surface area (Å²) in [5.41, 5.74) is -0.573. The fourth-order valence-electron chi connectivity index (χ4n) is 2.33. The van der Waals surface area contributed by atoms with Crippen molar-refractivity contribution >= 4 is 17.8 Å². The number of rotatable bonds is 4. The van der Waals surface area contributed by atoms with Crippen molar-refractivity contribution in [2.45, 2.75) is 26.3 Å². The molecular weight excluding hydrogens is 276 g/mol. The van der Waals surface area contributed by atoms with E-state index in [1.54, 1.807) is 13.8 Å². The number of carboxylic acids is 1. The summed E-state index contributed by atoms with van der Waals surface area (Å²) in [7, 11) is 0. The Morgan fingerprint density at radius 1 is 1.48 bits per heavy atom. The van der Waals surface area contributed by atoms with Gasteiger partial charge in [0, 0.05) is 13.1 Å². The van der Waals surface area contributed by atoms with Crippen molar-refractivity contribution in [2.75, 3.05) is 13.1 Å². The molecule has 2 amide bonds. The van der Waals surface area contributed by atoms with E-state index in [0.29, 0.717) is 18.5 Å². The van der Waals surface area contributed by atoms with Crippen LogP contribution in [0.1, 0.15) is 30.6 Å². The lowest BCUT2D eigenvalue weighted by Gasteiger charge is -2.23. The second kappa shape index (κ2) is 5.59. The zero-order chi connectivity index (χ0) is 15.6. The summed E-state index contributed by atoms with van der Waals surface area (Å²) in [6, 6.07) is 0.785. The van der Waals surface area contributed by atoms with Gasteiger partial charge in [-0.25, -0.2) is 0 Å². The smallest absolute Gasteiger partial charge is 0.311 e. The molecule has 2 rings (SSSR count). The topological polar surface area (TPSA) is 99.9 Å². The monoisotopic (exact) mass is 294 g/mol. The quantitative estimate of drug-likeness (QED) is 0.852. The van der Waals surface area contributed by atoms with Crippen LogP contribution in [0.15, 0.2) is 23.0 Å². The zero-order valence-electron chi connectivity index (χ0n) is 12.0. The minimum Gasteiger partial charge on any atom is -0.481 e. The summed E-state index contributed by atoms with van der Waals surface area (Å²) in [5, 5.41) is 11.7. The van der Waals surface area contributed by atoms with Crippen LogP contribution in [0, 0.1) is 5.41 Å². The Morgan fingerprint density at radius 2 is 2.19 bits per heavy atom. The van der Waals surface area contributed by atoms with Crippen LogP contribution in [0.5, 0.6) is 0 Å². The van der Waals surface area contributed by atoms with E-state index in [4.69, 9.17) is 9.52 Å². The van der Waals surface area contributed by atoms with Crippen LogP contribution in [-0.2, 0) is 9.59 Å². The number of nitrogens with one attached hydrogen (secondary N) is 1. The SMILES string of the molecule is CC(NC(=O)c1ccoc1)C(=O)N1CCC(C)(C(=O)O)C1. The molecule has 0 bridgehead atoms. The van der Waals surface area contributed by atoms with Crippen LogP contribution >= 0.6 is 0 Å².